The van der Waals surface area contributed by atoms with Crippen molar-refractivity contribution >= 4 is 0 Å². The molecule has 0 bridgehead atoms. The Morgan fingerprint density at radius 1 is 0.846 bits per heavy atom. The van der Waals surface area contributed by atoms with E-state index < -0.39 is 5.60 Å². The quantitative estimate of drug-likeness (QED) is 0.255. The van der Waals surface area contributed by atoms with Crippen molar-refractivity contribution in [2.45, 2.75) is 44.6 Å². The second-order valence-electron chi connectivity index (χ2n) is 10.2. The number of rotatable bonds is 11. The molecule has 6 heteroatoms. The molecule has 0 radical (unpaired) electrons. The smallest absolute Gasteiger partial charge is 0.173 e. The van der Waals surface area contributed by atoms with E-state index in [1.807, 2.05) is 60.7 Å². The maximum absolute atomic E-state index is 12.3. The Bertz CT molecular complexity index is 1290. The third kappa shape index (κ3) is 6.04. The summed E-state index contributed by atoms with van der Waals surface area (Å²) in [4.78, 5) is 2.38. The van der Waals surface area contributed by atoms with Crippen molar-refractivity contribution < 1.29 is 23.7 Å². The molecule has 1 atom stereocenters. The molecule has 1 N–H and O–H groups in total. The highest BCUT2D eigenvalue weighted by Gasteiger charge is 2.37. The van der Waals surface area contributed by atoms with Gasteiger partial charge in [0.1, 0.15) is 23.0 Å². The first-order valence-electron chi connectivity index (χ1n) is 13.5. The van der Waals surface area contributed by atoms with E-state index in [0.29, 0.717) is 23.4 Å². The van der Waals surface area contributed by atoms with Crippen LogP contribution in [0, 0.1) is 6.92 Å². The fourth-order valence-electron chi connectivity index (χ4n) is 5.28. The Morgan fingerprint density at radius 3 is 2.05 bits per heavy atom. The molecule has 1 aliphatic rings. The number of aliphatic hydroxyl groups is 1. The minimum Gasteiger partial charge on any atom is -0.497 e. The fourth-order valence-corrected chi connectivity index (χ4v) is 5.28. The van der Waals surface area contributed by atoms with Gasteiger partial charge in [-0.05, 0) is 78.4 Å². The van der Waals surface area contributed by atoms with Crippen molar-refractivity contribution in [1.29, 1.82) is 0 Å². The normalized spacial score (nSPS) is 15.6. The van der Waals surface area contributed by atoms with Gasteiger partial charge >= 0.3 is 0 Å². The van der Waals surface area contributed by atoms with Gasteiger partial charge in [0, 0.05) is 19.7 Å². The van der Waals surface area contributed by atoms with Crippen LogP contribution in [-0.2, 0) is 23.4 Å². The zero-order chi connectivity index (χ0) is 27.2. The zero-order valence-electron chi connectivity index (χ0n) is 22.9. The van der Waals surface area contributed by atoms with Gasteiger partial charge in [-0.3, -0.25) is 4.90 Å². The summed E-state index contributed by atoms with van der Waals surface area (Å²) in [5.41, 5.74) is 2.43. The molecule has 4 aromatic rings. The molecule has 1 aromatic heterocycles. The van der Waals surface area contributed by atoms with E-state index in [4.69, 9.17) is 18.6 Å². The van der Waals surface area contributed by atoms with Crippen LogP contribution in [-0.4, -0.2) is 43.5 Å². The molecular weight excluding hydrogens is 490 g/mol. The predicted molar refractivity (Wildman–Crippen MR) is 151 cm³/mol. The molecule has 1 aliphatic heterocycles. The molecule has 1 saturated heterocycles. The number of hydrogen-bond acceptors (Lipinski definition) is 6. The van der Waals surface area contributed by atoms with Crippen LogP contribution < -0.4 is 9.47 Å². The first kappa shape index (κ1) is 27.0. The minimum absolute atomic E-state index is 0.221. The molecule has 0 saturated carbocycles. The molecule has 5 rings (SSSR count). The number of hydrogen-bond donors (Lipinski definition) is 1. The van der Waals surface area contributed by atoms with E-state index in [9.17, 15) is 5.11 Å². The SMILES string of the molecule is COc1ccc(C(O)(c2ccc(OC)cc2)c2ccc(CN(Cc3ccccc3C)C[C@H]3CCCO3)o2)cc1. The van der Waals surface area contributed by atoms with E-state index in [0.717, 1.165) is 49.8 Å². The van der Waals surface area contributed by atoms with Gasteiger partial charge in [0.05, 0.1) is 26.9 Å². The molecule has 0 unspecified atom stereocenters. The molecule has 0 amide bonds. The van der Waals surface area contributed by atoms with Gasteiger partial charge in [-0.1, -0.05) is 48.5 Å². The van der Waals surface area contributed by atoms with Gasteiger partial charge in [-0.15, -0.1) is 0 Å². The monoisotopic (exact) mass is 527 g/mol. The minimum atomic E-state index is -1.49. The van der Waals surface area contributed by atoms with Crippen molar-refractivity contribution in [3.63, 3.8) is 0 Å². The second kappa shape index (κ2) is 12.1. The summed E-state index contributed by atoms with van der Waals surface area (Å²) < 4.78 is 23.1. The zero-order valence-corrected chi connectivity index (χ0v) is 22.9. The van der Waals surface area contributed by atoms with Gasteiger partial charge in [0.25, 0.3) is 0 Å². The number of benzene rings is 3. The van der Waals surface area contributed by atoms with Gasteiger partial charge in [-0.25, -0.2) is 0 Å². The summed E-state index contributed by atoms with van der Waals surface area (Å²) in [6.45, 7) is 5.20. The van der Waals surface area contributed by atoms with Crippen LogP contribution in [0.3, 0.4) is 0 Å². The van der Waals surface area contributed by atoms with Gasteiger partial charge < -0.3 is 23.7 Å². The molecule has 2 heterocycles. The van der Waals surface area contributed by atoms with E-state index in [1.165, 1.54) is 11.1 Å². The Kier molecular flexibility index (Phi) is 8.36. The van der Waals surface area contributed by atoms with Gasteiger partial charge in [0.2, 0.25) is 0 Å². The summed E-state index contributed by atoms with van der Waals surface area (Å²) in [5, 5.41) is 12.3. The fraction of sp³-hybridized carbons (Fsp3) is 0.333. The second-order valence-corrected chi connectivity index (χ2v) is 10.2. The molecular formula is C33H37NO5. The Balaban J connectivity index is 1.46. The molecule has 0 aliphatic carbocycles. The van der Waals surface area contributed by atoms with Crippen LogP contribution in [0.25, 0.3) is 0 Å². The standard InChI is InChI=1S/C33H37NO5/c1-24-7-4-5-8-25(24)21-34(22-30-9-6-20-38-30)23-31-18-19-32(39-31)33(35,26-10-14-28(36-2)15-11-26)27-12-16-29(37-3)17-13-27/h4-5,7-8,10-19,30,35H,6,9,20-23H2,1-3H3/t30-/m1/s1. The molecule has 204 valence electrons. The van der Waals surface area contributed by atoms with Crippen LogP contribution >= 0.6 is 0 Å². The summed E-state index contributed by atoms with van der Waals surface area (Å²) >= 11 is 0. The number of furan rings is 1. The largest absolute Gasteiger partial charge is 0.497 e. The van der Waals surface area contributed by atoms with Gasteiger partial charge in [0.15, 0.2) is 5.60 Å². The molecule has 1 fully saturated rings. The first-order chi connectivity index (χ1) is 19.0. The summed E-state index contributed by atoms with van der Waals surface area (Å²) in [5.74, 6) is 2.69. The number of methoxy groups -OCH3 is 2. The Labute approximate surface area is 230 Å². The highest BCUT2D eigenvalue weighted by molar-refractivity contribution is 5.46. The number of nitrogens with zero attached hydrogens (tertiary/aromatic N) is 1. The molecule has 6 nitrogen and oxygen atoms in total. The first-order valence-corrected chi connectivity index (χ1v) is 13.5. The van der Waals surface area contributed by atoms with Crippen molar-refractivity contribution in [3.05, 3.63) is 119 Å². The maximum Gasteiger partial charge on any atom is 0.173 e. The highest BCUT2D eigenvalue weighted by Crippen LogP contribution is 2.39. The van der Waals surface area contributed by atoms with E-state index >= 15 is 0 Å². The number of ether oxygens (including phenoxy) is 3. The van der Waals surface area contributed by atoms with E-state index in [1.54, 1.807) is 14.2 Å². The summed E-state index contributed by atoms with van der Waals surface area (Å²) in [6, 6.07) is 27.2. The van der Waals surface area contributed by atoms with Crippen LogP contribution in [0.1, 0.15) is 46.6 Å². The lowest BCUT2D eigenvalue weighted by atomic mass is 9.84. The Morgan fingerprint density at radius 2 is 1.49 bits per heavy atom. The topological polar surface area (TPSA) is 64.3 Å². The average molecular weight is 528 g/mol. The lowest BCUT2D eigenvalue weighted by Gasteiger charge is -2.28. The van der Waals surface area contributed by atoms with Crippen LogP contribution in [0.15, 0.2) is 89.3 Å². The van der Waals surface area contributed by atoms with Crippen molar-refractivity contribution in [3.8, 4) is 11.5 Å². The van der Waals surface area contributed by atoms with E-state index in [-0.39, 0.29) is 6.10 Å². The lowest BCUT2D eigenvalue weighted by molar-refractivity contribution is 0.0629. The summed E-state index contributed by atoms with van der Waals surface area (Å²) in [7, 11) is 3.26. The third-order valence-electron chi connectivity index (χ3n) is 7.55. The van der Waals surface area contributed by atoms with Crippen LogP contribution in [0.2, 0.25) is 0 Å². The lowest BCUT2D eigenvalue weighted by Crippen LogP contribution is -2.31. The molecule has 39 heavy (non-hydrogen) atoms. The summed E-state index contributed by atoms with van der Waals surface area (Å²) in [6.07, 6.45) is 2.39. The van der Waals surface area contributed by atoms with E-state index in [2.05, 4.69) is 36.1 Å². The maximum atomic E-state index is 12.3. The van der Waals surface area contributed by atoms with Gasteiger partial charge in [-0.2, -0.15) is 0 Å². The van der Waals surface area contributed by atoms with Crippen molar-refractivity contribution in [1.82, 2.24) is 4.90 Å². The highest BCUT2D eigenvalue weighted by atomic mass is 16.5. The number of aryl methyl sites for hydroxylation is 1. The predicted octanol–water partition coefficient (Wildman–Crippen LogP) is 6.07. The van der Waals surface area contributed by atoms with Crippen LogP contribution in [0.5, 0.6) is 11.5 Å². The molecule has 0 spiro atoms. The van der Waals surface area contributed by atoms with Crippen molar-refractivity contribution in [2.24, 2.45) is 0 Å². The third-order valence-corrected chi connectivity index (χ3v) is 7.55. The van der Waals surface area contributed by atoms with Crippen LogP contribution in [0.4, 0.5) is 0 Å². The van der Waals surface area contributed by atoms with Crippen molar-refractivity contribution in [2.75, 3.05) is 27.4 Å². The molecule has 3 aromatic carbocycles. The Hall–Kier alpha value is -3.58. The average Bonchev–Trinajstić information content (AvgIpc) is 3.67.